The summed E-state index contributed by atoms with van der Waals surface area (Å²) in [6.07, 6.45) is -1.12. The molecule has 0 aliphatic heterocycles. The van der Waals surface area contributed by atoms with Gasteiger partial charge in [0.05, 0.1) is 17.8 Å². The average molecular weight is 344 g/mol. The van der Waals surface area contributed by atoms with Crippen molar-refractivity contribution >= 4 is 17.7 Å². The van der Waals surface area contributed by atoms with Gasteiger partial charge in [0.15, 0.2) is 0 Å². The molecule has 2 amide bonds. The first kappa shape index (κ1) is 18.2. The number of carboxylic acids is 1. The number of carbonyl (C=O) groups excluding carboxylic acids is 1. The lowest BCUT2D eigenvalue weighted by molar-refractivity contribution is -0.160. The monoisotopic (exact) mass is 344 g/mol. The maximum atomic E-state index is 13.0. The van der Waals surface area contributed by atoms with Gasteiger partial charge in [-0.1, -0.05) is 13.8 Å². The number of nitrogens with zero attached hydrogens (tertiary/aromatic N) is 2. The summed E-state index contributed by atoms with van der Waals surface area (Å²) in [4.78, 5) is 23.2. The van der Waals surface area contributed by atoms with Gasteiger partial charge >= 0.3 is 12.0 Å². The fraction of sp³-hybridized carbons (Fsp3) is 0.667. The van der Waals surface area contributed by atoms with E-state index in [9.17, 15) is 18.4 Å². The fourth-order valence-corrected chi connectivity index (χ4v) is 3.49. The molecule has 24 heavy (non-hydrogen) atoms. The lowest BCUT2D eigenvalue weighted by Crippen LogP contribution is -2.57. The molecule has 0 aromatic carbocycles. The minimum absolute atomic E-state index is 0.00665. The number of aromatic nitrogens is 2. The third-order valence-electron chi connectivity index (χ3n) is 5.04. The Kier molecular flexibility index (Phi) is 4.82. The van der Waals surface area contributed by atoms with Crippen molar-refractivity contribution in [2.45, 2.75) is 39.7 Å². The van der Waals surface area contributed by atoms with Gasteiger partial charge in [-0.25, -0.2) is 13.6 Å². The topological polar surface area (TPSA) is 96.3 Å². The normalized spacial score (nSPS) is 23.5. The second-order valence-corrected chi connectivity index (χ2v) is 6.81. The molecule has 1 saturated carbocycles. The molecule has 0 spiro atoms. The van der Waals surface area contributed by atoms with E-state index < -0.39 is 29.8 Å². The van der Waals surface area contributed by atoms with E-state index in [1.165, 1.54) is 13.2 Å². The van der Waals surface area contributed by atoms with E-state index in [-0.39, 0.29) is 23.3 Å². The van der Waals surface area contributed by atoms with Crippen molar-refractivity contribution in [2.75, 3.05) is 5.32 Å². The van der Waals surface area contributed by atoms with Gasteiger partial charge in [0, 0.05) is 13.1 Å². The van der Waals surface area contributed by atoms with Crippen molar-refractivity contribution in [1.82, 2.24) is 15.1 Å². The number of amides is 2. The van der Waals surface area contributed by atoms with E-state index in [2.05, 4.69) is 15.7 Å². The van der Waals surface area contributed by atoms with Crippen molar-refractivity contribution in [3.63, 3.8) is 0 Å². The Labute approximate surface area is 138 Å². The summed E-state index contributed by atoms with van der Waals surface area (Å²) in [7, 11) is 1.37. The Morgan fingerprint density at radius 3 is 2.58 bits per heavy atom. The van der Waals surface area contributed by atoms with Crippen LogP contribution in [0.3, 0.4) is 0 Å². The number of aliphatic carboxylic acids is 1. The van der Waals surface area contributed by atoms with E-state index in [1.807, 2.05) is 13.8 Å². The SMILES string of the molecule is CC(NC(=O)Nc1cnn(C)c1C(F)F)[C@@H]1C[C@H](C(=O)O)C1(C)C. The van der Waals surface area contributed by atoms with Gasteiger partial charge in [-0.2, -0.15) is 5.10 Å². The van der Waals surface area contributed by atoms with Crippen molar-refractivity contribution in [1.29, 1.82) is 0 Å². The summed E-state index contributed by atoms with van der Waals surface area (Å²) >= 11 is 0. The first-order chi connectivity index (χ1) is 11.1. The highest BCUT2D eigenvalue weighted by molar-refractivity contribution is 5.90. The summed E-state index contributed by atoms with van der Waals surface area (Å²) in [5.74, 6) is -1.30. The Hall–Kier alpha value is -2.19. The summed E-state index contributed by atoms with van der Waals surface area (Å²) in [5, 5.41) is 17.9. The molecule has 3 atom stereocenters. The zero-order valence-electron chi connectivity index (χ0n) is 14.0. The maximum absolute atomic E-state index is 13.0. The minimum atomic E-state index is -2.76. The molecule has 0 radical (unpaired) electrons. The molecule has 1 aliphatic carbocycles. The molecular weight excluding hydrogens is 322 g/mol. The second-order valence-electron chi connectivity index (χ2n) is 6.81. The predicted octanol–water partition coefficient (Wildman–Crippen LogP) is 2.61. The second kappa shape index (κ2) is 6.37. The number of anilines is 1. The Morgan fingerprint density at radius 1 is 1.46 bits per heavy atom. The molecule has 1 aliphatic rings. The molecular formula is C15H22F2N4O3. The quantitative estimate of drug-likeness (QED) is 0.765. The Balaban J connectivity index is 1.97. The Morgan fingerprint density at radius 2 is 2.08 bits per heavy atom. The van der Waals surface area contributed by atoms with Crippen molar-refractivity contribution < 1.29 is 23.5 Å². The number of halogens is 2. The number of hydrogen-bond donors (Lipinski definition) is 3. The van der Waals surface area contributed by atoms with Crippen molar-refractivity contribution in [3.8, 4) is 0 Å². The molecule has 1 unspecified atom stereocenters. The van der Waals surface area contributed by atoms with Crippen LogP contribution in [0.15, 0.2) is 6.20 Å². The summed E-state index contributed by atoms with van der Waals surface area (Å²) < 4.78 is 26.9. The van der Waals surface area contributed by atoms with Crippen LogP contribution < -0.4 is 10.6 Å². The lowest BCUT2D eigenvalue weighted by atomic mass is 9.53. The third kappa shape index (κ3) is 3.20. The van der Waals surface area contributed by atoms with Crippen LogP contribution in [0.4, 0.5) is 19.3 Å². The number of alkyl halides is 2. The molecule has 2 rings (SSSR count). The molecule has 1 aromatic rings. The number of nitrogens with one attached hydrogen (secondary N) is 2. The number of carboxylic acid groups (broad SMARTS) is 1. The van der Waals surface area contributed by atoms with E-state index in [1.54, 1.807) is 6.92 Å². The van der Waals surface area contributed by atoms with E-state index in [0.717, 1.165) is 4.68 Å². The average Bonchev–Trinajstić information content (AvgIpc) is 2.77. The van der Waals surface area contributed by atoms with Crippen LogP contribution in [-0.2, 0) is 11.8 Å². The van der Waals surface area contributed by atoms with Gasteiger partial charge in [0.25, 0.3) is 6.43 Å². The van der Waals surface area contributed by atoms with E-state index in [0.29, 0.717) is 6.42 Å². The van der Waals surface area contributed by atoms with Gasteiger partial charge in [0.2, 0.25) is 0 Å². The highest BCUT2D eigenvalue weighted by Gasteiger charge is 2.53. The van der Waals surface area contributed by atoms with Crippen LogP contribution in [0.2, 0.25) is 0 Å². The lowest BCUT2D eigenvalue weighted by Gasteiger charge is -2.52. The molecule has 0 saturated heterocycles. The van der Waals surface area contributed by atoms with E-state index >= 15 is 0 Å². The maximum Gasteiger partial charge on any atom is 0.319 e. The molecule has 7 nitrogen and oxygen atoms in total. The van der Waals surface area contributed by atoms with Crippen LogP contribution >= 0.6 is 0 Å². The molecule has 1 heterocycles. The van der Waals surface area contributed by atoms with Gasteiger partial charge < -0.3 is 15.7 Å². The highest BCUT2D eigenvalue weighted by atomic mass is 19.3. The van der Waals surface area contributed by atoms with Crippen LogP contribution in [-0.4, -0.2) is 32.9 Å². The van der Waals surface area contributed by atoms with Crippen LogP contribution in [0.5, 0.6) is 0 Å². The van der Waals surface area contributed by atoms with Crippen LogP contribution in [0.1, 0.15) is 39.3 Å². The largest absolute Gasteiger partial charge is 0.481 e. The van der Waals surface area contributed by atoms with Crippen molar-refractivity contribution in [2.24, 2.45) is 24.3 Å². The van der Waals surface area contributed by atoms with Gasteiger partial charge in [0.1, 0.15) is 5.69 Å². The standard InChI is InChI=1S/C15H22F2N4O3/c1-7(8-5-9(13(22)23)15(8,2)3)19-14(24)20-10-6-18-21(4)11(10)12(16)17/h6-9,12H,5H2,1-4H3,(H,22,23)(H2,19,20,24)/t7?,8-,9+/m0/s1. The summed E-state index contributed by atoms with van der Waals surface area (Å²) in [6.45, 7) is 5.49. The van der Waals surface area contributed by atoms with Gasteiger partial charge in [-0.3, -0.25) is 9.48 Å². The van der Waals surface area contributed by atoms with E-state index in [4.69, 9.17) is 5.11 Å². The molecule has 1 fully saturated rings. The third-order valence-corrected chi connectivity index (χ3v) is 5.04. The van der Waals surface area contributed by atoms with Crippen LogP contribution in [0, 0.1) is 17.3 Å². The summed E-state index contributed by atoms with van der Waals surface area (Å²) in [5.41, 5.74) is -0.859. The smallest absolute Gasteiger partial charge is 0.319 e. The number of urea groups is 1. The van der Waals surface area contributed by atoms with Gasteiger partial charge in [-0.15, -0.1) is 0 Å². The summed E-state index contributed by atoms with van der Waals surface area (Å²) in [6, 6.07) is -0.908. The number of hydrogen-bond acceptors (Lipinski definition) is 3. The molecule has 9 heteroatoms. The fourth-order valence-electron chi connectivity index (χ4n) is 3.49. The highest BCUT2D eigenvalue weighted by Crippen LogP contribution is 2.52. The first-order valence-electron chi connectivity index (χ1n) is 7.66. The number of aryl methyl sites for hydroxylation is 1. The molecule has 0 bridgehead atoms. The van der Waals surface area contributed by atoms with Crippen LogP contribution in [0.25, 0.3) is 0 Å². The minimum Gasteiger partial charge on any atom is -0.481 e. The van der Waals surface area contributed by atoms with Crippen molar-refractivity contribution in [3.05, 3.63) is 11.9 Å². The number of carbonyl (C=O) groups is 2. The number of rotatable bonds is 5. The molecule has 1 aromatic heterocycles. The zero-order valence-corrected chi connectivity index (χ0v) is 14.0. The predicted molar refractivity (Wildman–Crippen MR) is 82.8 cm³/mol. The zero-order chi connectivity index (χ0) is 18.2. The Bertz CT molecular complexity index is 645. The van der Waals surface area contributed by atoms with Gasteiger partial charge in [-0.05, 0) is 24.7 Å². The first-order valence-corrected chi connectivity index (χ1v) is 7.66. The molecule has 3 N–H and O–H groups in total. The molecule has 134 valence electrons.